The molecule has 1 aliphatic rings. The average molecular weight is 377 g/mol. The minimum Gasteiger partial charge on any atom is -0.490 e. The molecule has 0 unspecified atom stereocenters. The zero-order valence-electron chi connectivity index (χ0n) is 17.0. The lowest BCUT2D eigenvalue weighted by Gasteiger charge is -2.37. The number of hydrogen-bond donors (Lipinski definition) is 1. The molecule has 0 spiro atoms. The van der Waals surface area contributed by atoms with E-state index >= 15 is 0 Å². The van der Waals surface area contributed by atoms with Gasteiger partial charge in [0.25, 0.3) is 5.91 Å². The van der Waals surface area contributed by atoms with Crippen LogP contribution in [0.3, 0.4) is 0 Å². The molecule has 3 atom stereocenters. The number of nitrogens with one attached hydrogen (secondary N) is 1. The van der Waals surface area contributed by atoms with Crippen molar-refractivity contribution in [2.45, 2.75) is 64.6 Å². The average Bonchev–Trinajstić information content (AvgIpc) is 2.68. The standard InChI is InChI=1S/C21H31NO5/c1-6-15(3)27-18-10-9-16(12-17(18)19(23)25-4)22-20(24)21(26-5)11-7-8-14(2)13-21/h9-10,12,14-15H,6-8,11,13H2,1-5H3,(H,22,24)/t14-,15-,21+/m1/s1. The molecule has 0 aliphatic heterocycles. The van der Waals surface area contributed by atoms with Crippen LogP contribution < -0.4 is 10.1 Å². The molecule has 27 heavy (non-hydrogen) atoms. The number of anilines is 1. The van der Waals surface area contributed by atoms with Crippen LogP contribution in [0.4, 0.5) is 5.69 Å². The Hall–Kier alpha value is -2.08. The number of methoxy groups -OCH3 is 2. The number of benzene rings is 1. The van der Waals surface area contributed by atoms with Crippen molar-refractivity contribution in [3.63, 3.8) is 0 Å². The summed E-state index contributed by atoms with van der Waals surface area (Å²) in [7, 11) is 2.91. The predicted octanol–water partition coefficient (Wildman–Crippen LogP) is 4.18. The summed E-state index contributed by atoms with van der Waals surface area (Å²) in [4.78, 5) is 25.1. The van der Waals surface area contributed by atoms with Crippen molar-refractivity contribution in [3.05, 3.63) is 23.8 Å². The summed E-state index contributed by atoms with van der Waals surface area (Å²) in [5.41, 5.74) is -0.0136. The lowest BCUT2D eigenvalue weighted by molar-refractivity contribution is -0.143. The summed E-state index contributed by atoms with van der Waals surface area (Å²) in [6, 6.07) is 5.02. The lowest BCUT2D eigenvalue weighted by atomic mass is 9.78. The molecule has 150 valence electrons. The summed E-state index contributed by atoms with van der Waals surface area (Å²) >= 11 is 0. The molecule has 0 heterocycles. The number of carbonyl (C=O) groups excluding carboxylic acids is 2. The minimum atomic E-state index is -0.824. The Morgan fingerprint density at radius 1 is 1.33 bits per heavy atom. The Balaban J connectivity index is 2.25. The van der Waals surface area contributed by atoms with Crippen molar-refractivity contribution >= 4 is 17.6 Å². The van der Waals surface area contributed by atoms with Gasteiger partial charge in [-0.15, -0.1) is 0 Å². The third-order valence-corrected chi connectivity index (χ3v) is 5.31. The van der Waals surface area contributed by atoms with Crippen molar-refractivity contribution in [1.82, 2.24) is 0 Å². The molecule has 0 aromatic heterocycles. The number of carbonyl (C=O) groups is 2. The lowest BCUT2D eigenvalue weighted by Crippen LogP contribution is -2.47. The highest BCUT2D eigenvalue weighted by Crippen LogP contribution is 2.36. The number of hydrogen-bond acceptors (Lipinski definition) is 5. The second kappa shape index (κ2) is 9.22. The molecule has 0 bridgehead atoms. The summed E-state index contributed by atoms with van der Waals surface area (Å²) < 4.78 is 16.3. The molecule has 2 rings (SSSR count). The van der Waals surface area contributed by atoms with E-state index in [1.165, 1.54) is 7.11 Å². The summed E-state index contributed by atoms with van der Waals surface area (Å²) in [5.74, 6) is 0.198. The summed E-state index contributed by atoms with van der Waals surface area (Å²) in [5, 5.41) is 2.91. The van der Waals surface area contributed by atoms with Crippen molar-refractivity contribution in [2.24, 2.45) is 5.92 Å². The van der Waals surface area contributed by atoms with E-state index in [-0.39, 0.29) is 12.0 Å². The van der Waals surface area contributed by atoms with E-state index in [1.807, 2.05) is 13.8 Å². The Labute approximate surface area is 161 Å². The van der Waals surface area contributed by atoms with E-state index in [1.54, 1.807) is 25.3 Å². The fourth-order valence-corrected chi connectivity index (χ4v) is 3.51. The highest BCUT2D eigenvalue weighted by molar-refractivity contribution is 5.99. The Morgan fingerprint density at radius 2 is 2.07 bits per heavy atom. The maximum absolute atomic E-state index is 12.9. The third kappa shape index (κ3) is 5.01. The summed E-state index contributed by atoms with van der Waals surface area (Å²) in [6.45, 7) is 6.08. The van der Waals surface area contributed by atoms with Crippen LogP contribution in [0.1, 0.15) is 63.2 Å². The Morgan fingerprint density at radius 3 is 2.67 bits per heavy atom. The van der Waals surface area contributed by atoms with Gasteiger partial charge in [0.15, 0.2) is 0 Å². The highest BCUT2D eigenvalue weighted by Gasteiger charge is 2.42. The predicted molar refractivity (Wildman–Crippen MR) is 104 cm³/mol. The number of ether oxygens (including phenoxy) is 3. The van der Waals surface area contributed by atoms with E-state index in [0.29, 0.717) is 35.8 Å². The van der Waals surface area contributed by atoms with Crippen LogP contribution in [0.15, 0.2) is 18.2 Å². The molecule has 1 aromatic rings. The normalized spacial score (nSPS) is 23.4. The van der Waals surface area contributed by atoms with Crippen LogP contribution in [-0.2, 0) is 14.3 Å². The second-order valence-electron chi connectivity index (χ2n) is 7.39. The Bertz CT molecular complexity index is 675. The van der Waals surface area contributed by atoms with Crippen LogP contribution in [0.2, 0.25) is 0 Å². The number of rotatable bonds is 7. The molecule has 1 N–H and O–H groups in total. The van der Waals surface area contributed by atoms with Crippen LogP contribution in [0.25, 0.3) is 0 Å². The number of esters is 1. The largest absolute Gasteiger partial charge is 0.490 e. The molecular weight excluding hydrogens is 346 g/mol. The quantitative estimate of drug-likeness (QED) is 0.722. The van der Waals surface area contributed by atoms with E-state index < -0.39 is 11.6 Å². The zero-order chi connectivity index (χ0) is 20.0. The second-order valence-corrected chi connectivity index (χ2v) is 7.39. The van der Waals surface area contributed by atoms with E-state index in [9.17, 15) is 9.59 Å². The molecule has 1 aliphatic carbocycles. The first-order valence-corrected chi connectivity index (χ1v) is 9.60. The van der Waals surface area contributed by atoms with Crippen molar-refractivity contribution in [3.8, 4) is 5.75 Å². The Kier molecular flexibility index (Phi) is 7.25. The van der Waals surface area contributed by atoms with E-state index in [0.717, 1.165) is 19.3 Å². The van der Waals surface area contributed by atoms with Gasteiger partial charge >= 0.3 is 5.97 Å². The SMILES string of the molecule is CC[C@@H](C)Oc1ccc(NC(=O)[C@]2(OC)CCC[C@@H](C)C2)cc1C(=O)OC. The van der Waals surface area contributed by atoms with Crippen LogP contribution in [-0.4, -0.2) is 37.8 Å². The van der Waals surface area contributed by atoms with Crippen LogP contribution in [0.5, 0.6) is 5.75 Å². The summed E-state index contributed by atoms with van der Waals surface area (Å²) in [6.07, 6.45) is 4.22. The maximum Gasteiger partial charge on any atom is 0.341 e. The topological polar surface area (TPSA) is 73.9 Å². The molecule has 1 aromatic carbocycles. The van der Waals surface area contributed by atoms with Gasteiger partial charge in [0.05, 0.1) is 13.2 Å². The van der Waals surface area contributed by atoms with Crippen molar-refractivity contribution in [1.29, 1.82) is 0 Å². The minimum absolute atomic E-state index is 0.0330. The highest BCUT2D eigenvalue weighted by atomic mass is 16.5. The van der Waals surface area contributed by atoms with Gasteiger partial charge in [0.2, 0.25) is 0 Å². The maximum atomic E-state index is 12.9. The zero-order valence-corrected chi connectivity index (χ0v) is 17.0. The van der Waals surface area contributed by atoms with Gasteiger partial charge < -0.3 is 19.5 Å². The van der Waals surface area contributed by atoms with Crippen molar-refractivity contribution < 1.29 is 23.8 Å². The first-order chi connectivity index (χ1) is 12.8. The molecule has 1 fully saturated rings. The third-order valence-electron chi connectivity index (χ3n) is 5.31. The molecule has 0 saturated heterocycles. The first-order valence-electron chi connectivity index (χ1n) is 9.60. The van der Waals surface area contributed by atoms with Crippen molar-refractivity contribution in [2.75, 3.05) is 19.5 Å². The molecular formula is C21H31NO5. The molecule has 1 amide bonds. The van der Waals surface area contributed by atoms with E-state index in [4.69, 9.17) is 14.2 Å². The van der Waals surface area contributed by atoms with Crippen LogP contribution in [0, 0.1) is 5.92 Å². The molecule has 6 heteroatoms. The van der Waals surface area contributed by atoms with E-state index in [2.05, 4.69) is 12.2 Å². The fourth-order valence-electron chi connectivity index (χ4n) is 3.51. The smallest absolute Gasteiger partial charge is 0.341 e. The van der Waals surface area contributed by atoms with Gasteiger partial charge in [-0.3, -0.25) is 4.79 Å². The van der Waals surface area contributed by atoms with Gasteiger partial charge in [-0.1, -0.05) is 20.3 Å². The van der Waals surface area contributed by atoms with Gasteiger partial charge in [-0.25, -0.2) is 4.79 Å². The molecule has 0 radical (unpaired) electrons. The monoisotopic (exact) mass is 377 g/mol. The van der Waals surface area contributed by atoms with Gasteiger partial charge in [0.1, 0.15) is 16.9 Å². The van der Waals surface area contributed by atoms with Gasteiger partial charge in [0, 0.05) is 12.8 Å². The first kappa shape index (κ1) is 21.2. The van der Waals surface area contributed by atoms with Crippen LogP contribution >= 0.6 is 0 Å². The molecule has 1 saturated carbocycles. The van der Waals surface area contributed by atoms with Gasteiger partial charge in [-0.05, 0) is 56.7 Å². The fraction of sp³-hybridized carbons (Fsp3) is 0.619. The van der Waals surface area contributed by atoms with Gasteiger partial charge in [-0.2, -0.15) is 0 Å². The number of amides is 1. The molecule has 6 nitrogen and oxygen atoms in total.